The largest absolute Gasteiger partial charge is 0.350 e. The van der Waals surface area contributed by atoms with Crippen LogP contribution in [-0.2, 0) is 16.0 Å². The van der Waals surface area contributed by atoms with Gasteiger partial charge in [0.15, 0.2) is 0 Å². The Hall–Kier alpha value is -1.59. The van der Waals surface area contributed by atoms with Crippen molar-refractivity contribution in [1.29, 1.82) is 0 Å². The molecule has 5 nitrogen and oxygen atoms in total. The Morgan fingerprint density at radius 3 is 2.28 bits per heavy atom. The normalized spacial score (nSPS) is 12.8. The van der Waals surface area contributed by atoms with Crippen LogP contribution in [0.1, 0.15) is 45.6 Å². The summed E-state index contributed by atoms with van der Waals surface area (Å²) < 4.78 is 0. The minimum absolute atomic E-state index is 0. The molecule has 1 aromatic carbocycles. The molecule has 0 aromatic heterocycles. The van der Waals surface area contributed by atoms with Gasteiger partial charge in [0.2, 0.25) is 11.8 Å². The number of rotatable bonds is 10. The molecule has 0 radical (unpaired) electrons. The molecule has 0 fully saturated rings. The van der Waals surface area contributed by atoms with Crippen LogP contribution in [0.25, 0.3) is 0 Å². The van der Waals surface area contributed by atoms with Crippen LogP contribution in [0.2, 0.25) is 0 Å². The Morgan fingerprint density at radius 1 is 1.12 bits per heavy atom. The number of hydrogen-bond donors (Lipinski definition) is 3. The fourth-order valence-electron chi connectivity index (χ4n) is 2.53. The van der Waals surface area contributed by atoms with Crippen molar-refractivity contribution < 1.29 is 9.59 Å². The molecule has 0 saturated heterocycles. The Labute approximate surface area is 157 Å². The van der Waals surface area contributed by atoms with Crippen molar-refractivity contribution in [3.05, 3.63) is 35.9 Å². The summed E-state index contributed by atoms with van der Waals surface area (Å²) in [5, 5.41) is 5.83. The molecule has 1 rings (SSSR count). The number of unbranched alkanes of at least 4 members (excludes halogenated alkanes) is 1. The van der Waals surface area contributed by atoms with Gasteiger partial charge in [-0.05, 0) is 17.9 Å². The highest BCUT2D eigenvalue weighted by Gasteiger charge is 2.25. The Balaban J connectivity index is 0.00000576. The molecule has 0 aliphatic rings. The molecule has 0 saturated carbocycles. The predicted molar refractivity (Wildman–Crippen MR) is 105 cm³/mol. The van der Waals surface area contributed by atoms with Crippen molar-refractivity contribution in [1.82, 2.24) is 10.6 Å². The number of nitrogens with two attached hydrogens (primary N) is 1. The van der Waals surface area contributed by atoms with Gasteiger partial charge in [-0.25, -0.2) is 0 Å². The number of carbonyl (C=O) groups is 2. The summed E-state index contributed by atoms with van der Waals surface area (Å²) in [5.74, 6) is -0.291. The zero-order chi connectivity index (χ0) is 17.9. The van der Waals surface area contributed by atoms with Crippen molar-refractivity contribution in [3.63, 3.8) is 0 Å². The summed E-state index contributed by atoms with van der Waals surface area (Å²) in [6, 6.07) is 8.93. The number of nitrogens with one attached hydrogen (secondary N) is 2. The number of benzene rings is 1. The minimum atomic E-state index is -0.545. The molecular formula is C19H32ClN3O2. The second-order valence-corrected chi connectivity index (χ2v) is 6.54. The summed E-state index contributed by atoms with van der Waals surface area (Å²) in [5.41, 5.74) is 6.67. The molecule has 142 valence electrons. The number of carbonyl (C=O) groups excluding carboxylic acids is 2. The van der Waals surface area contributed by atoms with E-state index in [-0.39, 0.29) is 42.6 Å². The first-order valence-corrected chi connectivity index (χ1v) is 8.81. The van der Waals surface area contributed by atoms with Crippen LogP contribution >= 0.6 is 12.4 Å². The van der Waals surface area contributed by atoms with Crippen LogP contribution in [0, 0.1) is 5.92 Å². The van der Waals surface area contributed by atoms with Crippen LogP contribution in [0.4, 0.5) is 0 Å². The van der Waals surface area contributed by atoms with Gasteiger partial charge in [0.05, 0.1) is 6.42 Å². The topological polar surface area (TPSA) is 84.2 Å². The van der Waals surface area contributed by atoms with E-state index in [2.05, 4.69) is 17.6 Å². The maximum Gasteiger partial charge on any atom is 0.243 e. The highest BCUT2D eigenvalue weighted by Crippen LogP contribution is 2.06. The van der Waals surface area contributed by atoms with Gasteiger partial charge in [0, 0.05) is 12.6 Å². The van der Waals surface area contributed by atoms with Crippen molar-refractivity contribution in [2.24, 2.45) is 11.7 Å². The van der Waals surface area contributed by atoms with E-state index in [0.29, 0.717) is 6.54 Å². The zero-order valence-electron chi connectivity index (χ0n) is 15.5. The average molecular weight is 370 g/mol. The summed E-state index contributed by atoms with van der Waals surface area (Å²) in [6.07, 6.45) is 3.22. The van der Waals surface area contributed by atoms with E-state index in [1.807, 2.05) is 44.2 Å². The predicted octanol–water partition coefficient (Wildman–Crippen LogP) is 2.43. The van der Waals surface area contributed by atoms with Gasteiger partial charge < -0.3 is 16.4 Å². The van der Waals surface area contributed by atoms with Crippen molar-refractivity contribution >= 4 is 24.2 Å². The van der Waals surface area contributed by atoms with Gasteiger partial charge in [0.1, 0.15) is 6.04 Å². The smallest absolute Gasteiger partial charge is 0.243 e. The average Bonchev–Trinajstić information content (AvgIpc) is 2.56. The summed E-state index contributed by atoms with van der Waals surface area (Å²) in [7, 11) is 0. The monoisotopic (exact) mass is 369 g/mol. The fraction of sp³-hybridized carbons (Fsp3) is 0.579. The second-order valence-electron chi connectivity index (χ2n) is 6.54. The summed E-state index contributed by atoms with van der Waals surface area (Å²) in [4.78, 5) is 24.8. The van der Waals surface area contributed by atoms with Gasteiger partial charge in [-0.3, -0.25) is 9.59 Å². The number of halogens is 1. The first-order valence-electron chi connectivity index (χ1n) is 8.81. The third-order valence-corrected chi connectivity index (χ3v) is 4.01. The Bertz CT molecular complexity index is 509. The van der Waals surface area contributed by atoms with Gasteiger partial charge in [-0.1, -0.05) is 63.9 Å². The first-order chi connectivity index (χ1) is 11.5. The van der Waals surface area contributed by atoms with Crippen molar-refractivity contribution in [3.8, 4) is 0 Å². The Kier molecular flexibility index (Phi) is 11.9. The van der Waals surface area contributed by atoms with E-state index in [1.165, 1.54) is 0 Å². The summed E-state index contributed by atoms with van der Waals surface area (Å²) in [6.45, 7) is 6.37. The lowest BCUT2D eigenvalue weighted by Crippen LogP contribution is -2.53. The Morgan fingerprint density at radius 2 is 1.76 bits per heavy atom. The molecule has 2 atom stereocenters. The molecule has 25 heavy (non-hydrogen) atoms. The number of amides is 2. The van der Waals surface area contributed by atoms with E-state index in [0.717, 1.165) is 24.8 Å². The third-order valence-electron chi connectivity index (χ3n) is 4.01. The molecule has 0 heterocycles. The van der Waals surface area contributed by atoms with Crippen LogP contribution < -0.4 is 16.4 Å². The molecule has 0 spiro atoms. The van der Waals surface area contributed by atoms with Gasteiger partial charge in [-0.2, -0.15) is 0 Å². The van der Waals surface area contributed by atoms with E-state index >= 15 is 0 Å². The summed E-state index contributed by atoms with van der Waals surface area (Å²) >= 11 is 0. The fourth-order valence-corrected chi connectivity index (χ4v) is 2.53. The molecule has 6 heteroatoms. The standard InChI is InChI=1S/C19H31N3O2.ClH/c1-4-5-11-16(13-20)21-19(24)18(14(2)3)22-17(23)12-15-9-7-6-8-10-15;/h6-10,14,16,18H,4-5,11-13,20H2,1-3H3,(H,21,24)(H,22,23);1H. The highest BCUT2D eigenvalue weighted by molar-refractivity contribution is 5.88. The van der Waals surface area contributed by atoms with Crippen LogP contribution in [0.3, 0.4) is 0 Å². The lowest BCUT2D eigenvalue weighted by Gasteiger charge is -2.25. The molecular weight excluding hydrogens is 338 g/mol. The van der Waals surface area contributed by atoms with Gasteiger partial charge in [-0.15, -0.1) is 12.4 Å². The number of hydrogen-bond acceptors (Lipinski definition) is 3. The van der Waals surface area contributed by atoms with E-state index in [9.17, 15) is 9.59 Å². The van der Waals surface area contributed by atoms with Crippen LogP contribution in [-0.4, -0.2) is 30.4 Å². The second kappa shape index (κ2) is 12.7. The first kappa shape index (κ1) is 23.4. The van der Waals surface area contributed by atoms with E-state index in [1.54, 1.807) is 0 Å². The van der Waals surface area contributed by atoms with Crippen LogP contribution in [0.15, 0.2) is 30.3 Å². The van der Waals surface area contributed by atoms with Gasteiger partial charge >= 0.3 is 0 Å². The molecule has 2 unspecified atom stereocenters. The SMILES string of the molecule is CCCCC(CN)NC(=O)C(NC(=O)Cc1ccccc1)C(C)C.Cl. The maximum absolute atomic E-state index is 12.5. The lowest BCUT2D eigenvalue weighted by molar-refractivity contribution is -0.130. The third kappa shape index (κ3) is 8.89. The van der Waals surface area contributed by atoms with Gasteiger partial charge in [0.25, 0.3) is 0 Å². The van der Waals surface area contributed by atoms with Crippen molar-refractivity contribution in [2.75, 3.05) is 6.54 Å². The lowest BCUT2D eigenvalue weighted by atomic mass is 10.0. The molecule has 0 aliphatic carbocycles. The molecule has 0 bridgehead atoms. The van der Waals surface area contributed by atoms with Crippen molar-refractivity contribution in [2.45, 2.75) is 58.5 Å². The van der Waals surface area contributed by atoms with E-state index in [4.69, 9.17) is 5.73 Å². The highest BCUT2D eigenvalue weighted by atomic mass is 35.5. The van der Waals surface area contributed by atoms with Crippen LogP contribution in [0.5, 0.6) is 0 Å². The zero-order valence-corrected chi connectivity index (χ0v) is 16.3. The maximum atomic E-state index is 12.5. The molecule has 1 aromatic rings. The molecule has 4 N–H and O–H groups in total. The quantitative estimate of drug-likeness (QED) is 0.592. The molecule has 2 amide bonds. The molecule has 0 aliphatic heterocycles. The minimum Gasteiger partial charge on any atom is -0.350 e. The van der Waals surface area contributed by atoms with E-state index < -0.39 is 6.04 Å².